The second-order valence-electron chi connectivity index (χ2n) is 8.74. The number of hydrogen-bond donors (Lipinski definition) is 2. The maximum absolute atomic E-state index is 12.9. The molecule has 0 amide bonds. The van der Waals surface area contributed by atoms with Gasteiger partial charge in [0.05, 0.1) is 7.05 Å². The lowest BCUT2D eigenvalue weighted by Crippen LogP contribution is -3.08. The number of anilines is 1. The van der Waals surface area contributed by atoms with E-state index in [0.29, 0.717) is 19.5 Å². The molecule has 1 aromatic heterocycles. The first-order valence-corrected chi connectivity index (χ1v) is 10.0. The number of nitrogens with two attached hydrogens (primary N) is 1. The Kier molecular flexibility index (Phi) is 6.85. The monoisotopic (exact) mass is 401 g/mol. The highest BCUT2D eigenvalue weighted by Crippen LogP contribution is 2.21. The Morgan fingerprint density at radius 1 is 1.14 bits per heavy atom. The highest BCUT2D eigenvalue weighted by Gasteiger charge is 2.24. The van der Waals surface area contributed by atoms with Crippen LogP contribution in [-0.4, -0.2) is 28.5 Å². The number of hydrogen-bond acceptors (Lipinski definition) is 4. The summed E-state index contributed by atoms with van der Waals surface area (Å²) < 4.78 is 2.26. The average Bonchev–Trinajstić information content (AvgIpc) is 2.63. The molecule has 0 saturated heterocycles. The largest absolute Gasteiger partial charge is 0.384 e. The third-order valence-electron chi connectivity index (χ3n) is 5.10. The van der Waals surface area contributed by atoms with Crippen molar-refractivity contribution in [2.45, 2.75) is 52.6 Å². The molecule has 0 aliphatic heterocycles. The van der Waals surface area contributed by atoms with E-state index in [0.717, 1.165) is 15.0 Å². The van der Waals surface area contributed by atoms with Gasteiger partial charge >= 0.3 is 5.69 Å². The molecule has 0 fully saturated rings. The number of nitrogens with one attached hydrogen (secondary N) is 1. The van der Waals surface area contributed by atoms with Crippen LogP contribution in [0.25, 0.3) is 0 Å². The van der Waals surface area contributed by atoms with Gasteiger partial charge in [-0.15, -0.1) is 0 Å². The summed E-state index contributed by atoms with van der Waals surface area (Å²) in [4.78, 5) is 38.6. The number of carbonyl (C=O) groups excluding carboxylic acids is 1. The first-order valence-electron chi connectivity index (χ1n) is 10.0. The standard InChI is InChI=1S/C22H32N4O3/c1-7-12-26-19(23)18(20(28)25(6)21(26)29)17(27)14-24(5)13-15-8-10-16(11-9-15)22(2,3)4/h8-11H,7,12-14,23H2,1-6H3/p+1. The zero-order chi connectivity index (χ0) is 21.9. The molecule has 0 radical (unpaired) electrons. The lowest BCUT2D eigenvalue weighted by atomic mass is 9.87. The molecule has 1 aromatic carbocycles. The molecule has 158 valence electrons. The van der Waals surface area contributed by atoms with Gasteiger partial charge in [0.15, 0.2) is 0 Å². The summed E-state index contributed by atoms with van der Waals surface area (Å²) in [6.45, 7) is 9.53. The fraction of sp³-hybridized carbons (Fsp3) is 0.500. The minimum absolute atomic E-state index is 0.0349. The van der Waals surface area contributed by atoms with Crippen LogP contribution in [0.3, 0.4) is 0 Å². The number of aromatic nitrogens is 2. The number of ketones is 1. The maximum Gasteiger partial charge on any atom is 0.332 e. The van der Waals surface area contributed by atoms with Crippen molar-refractivity contribution in [3.05, 3.63) is 61.8 Å². The van der Waals surface area contributed by atoms with E-state index in [9.17, 15) is 14.4 Å². The van der Waals surface area contributed by atoms with Crippen molar-refractivity contribution in [1.29, 1.82) is 0 Å². The van der Waals surface area contributed by atoms with E-state index in [1.54, 1.807) is 0 Å². The maximum atomic E-state index is 12.9. The van der Waals surface area contributed by atoms with Gasteiger partial charge in [0.25, 0.3) is 5.56 Å². The number of nitrogen functional groups attached to an aromatic ring is 1. The van der Waals surface area contributed by atoms with Crippen LogP contribution in [0.1, 0.15) is 55.6 Å². The number of benzene rings is 1. The highest BCUT2D eigenvalue weighted by molar-refractivity contribution is 6.00. The summed E-state index contributed by atoms with van der Waals surface area (Å²) in [5.41, 5.74) is 7.28. The summed E-state index contributed by atoms with van der Waals surface area (Å²) in [6.07, 6.45) is 0.672. The Bertz CT molecular complexity index is 995. The van der Waals surface area contributed by atoms with Gasteiger partial charge in [-0.25, -0.2) is 4.79 Å². The van der Waals surface area contributed by atoms with Gasteiger partial charge in [-0.1, -0.05) is 52.0 Å². The minimum Gasteiger partial charge on any atom is -0.384 e. The van der Waals surface area contributed by atoms with Gasteiger partial charge in [-0.2, -0.15) is 0 Å². The number of carbonyl (C=O) groups is 1. The lowest BCUT2D eigenvalue weighted by Gasteiger charge is -2.20. The van der Waals surface area contributed by atoms with Crippen LogP contribution in [0.4, 0.5) is 5.82 Å². The number of rotatable bonds is 7. The zero-order valence-electron chi connectivity index (χ0n) is 18.3. The molecule has 0 spiro atoms. The Balaban J connectivity index is 2.22. The molecule has 3 N–H and O–H groups in total. The van der Waals surface area contributed by atoms with E-state index >= 15 is 0 Å². The van der Waals surface area contributed by atoms with Crippen LogP contribution in [0, 0.1) is 0 Å². The molecule has 2 aromatic rings. The fourth-order valence-corrected chi connectivity index (χ4v) is 3.38. The van der Waals surface area contributed by atoms with Crippen molar-refractivity contribution in [2.75, 3.05) is 19.3 Å². The molecule has 7 heteroatoms. The Labute approximate surface area is 171 Å². The first-order chi connectivity index (χ1) is 13.5. The number of Topliss-reactive ketones (excluding diaryl/α,β-unsaturated/α-hetero) is 1. The lowest BCUT2D eigenvalue weighted by molar-refractivity contribution is -0.884. The van der Waals surface area contributed by atoms with Crippen LogP contribution in [0.5, 0.6) is 0 Å². The molecule has 0 bridgehead atoms. The van der Waals surface area contributed by atoms with Crippen molar-refractivity contribution in [3.63, 3.8) is 0 Å². The molecule has 7 nitrogen and oxygen atoms in total. The Morgan fingerprint density at radius 2 is 1.72 bits per heavy atom. The smallest absolute Gasteiger partial charge is 0.332 e. The molecular formula is C22H33N4O3+. The van der Waals surface area contributed by atoms with Gasteiger partial charge in [0.1, 0.15) is 24.5 Å². The van der Waals surface area contributed by atoms with Crippen molar-refractivity contribution in [3.8, 4) is 0 Å². The minimum atomic E-state index is -0.632. The van der Waals surface area contributed by atoms with E-state index in [4.69, 9.17) is 5.73 Å². The summed E-state index contributed by atoms with van der Waals surface area (Å²) >= 11 is 0. The predicted octanol–water partition coefficient (Wildman–Crippen LogP) is 0.734. The highest BCUT2D eigenvalue weighted by atomic mass is 16.2. The molecule has 0 aliphatic rings. The van der Waals surface area contributed by atoms with Gasteiger partial charge in [-0.3, -0.25) is 18.7 Å². The van der Waals surface area contributed by atoms with E-state index in [1.807, 2.05) is 14.0 Å². The quantitative estimate of drug-likeness (QED) is 0.670. The van der Waals surface area contributed by atoms with Crippen LogP contribution < -0.4 is 21.9 Å². The molecule has 1 unspecified atom stereocenters. The Hall–Kier alpha value is -2.67. The van der Waals surface area contributed by atoms with E-state index in [-0.39, 0.29) is 29.1 Å². The Morgan fingerprint density at radius 3 is 2.24 bits per heavy atom. The molecular weight excluding hydrogens is 368 g/mol. The van der Waals surface area contributed by atoms with Crippen LogP contribution in [-0.2, 0) is 25.6 Å². The van der Waals surface area contributed by atoms with Crippen LogP contribution in [0.2, 0.25) is 0 Å². The summed E-state index contributed by atoms with van der Waals surface area (Å²) in [6, 6.07) is 8.37. The first kappa shape index (κ1) is 22.6. The topological polar surface area (TPSA) is 91.5 Å². The van der Waals surface area contributed by atoms with Crippen molar-refractivity contribution < 1.29 is 9.69 Å². The molecule has 1 heterocycles. The van der Waals surface area contributed by atoms with E-state index < -0.39 is 11.2 Å². The number of nitrogens with zero attached hydrogens (tertiary/aromatic N) is 2. The predicted molar refractivity (Wildman–Crippen MR) is 116 cm³/mol. The van der Waals surface area contributed by atoms with E-state index in [1.165, 1.54) is 17.2 Å². The molecule has 0 saturated carbocycles. The molecule has 0 aliphatic carbocycles. The van der Waals surface area contributed by atoms with Crippen LogP contribution >= 0.6 is 0 Å². The van der Waals surface area contributed by atoms with Crippen LogP contribution in [0.15, 0.2) is 33.9 Å². The number of likely N-dealkylation sites (N-methyl/N-ethyl adjacent to an activating group) is 1. The second-order valence-corrected chi connectivity index (χ2v) is 8.74. The average molecular weight is 402 g/mol. The van der Waals surface area contributed by atoms with Gasteiger partial charge < -0.3 is 10.6 Å². The van der Waals surface area contributed by atoms with Crippen molar-refractivity contribution in [1.82, 2.24) is 9.13 Å². The van der Waals surface area contributed by atoms with Crippen molar-refractivity contribution >= 4 is 11.6 Å². The third-order valence-corrected chi connectivity index (χ3v) is 5.10. The number of quaternary nitrogens is 1. The van der Waals surface area contributed by atoms with Gasteiger partial charge in [-0.05, 0) is 17.4 Å². The summed E-state index contributed by atoms with van der Waals surface area (Å²) in [7, 11) is 3.28. The normalized spacial score (nSPS) is 12.8. The SMILES string of the molecule is CCCn1c(N)c(C(=O)C[NH+](C)Cc2ccc(C(C)(C)C)cc2)c(=O)n(C)c1=O. The molecule has 2 rings (SSSR count). The summed E-state index contributed by atoms with van der Waals surface area (Å²) in [5.74, 6) is -0.385. The van der Waals surface area contributed by atoms with Crippen molar-refractivity contribution in [2.24, 2.45) is 7.05 Å². The molecule has 1 atom stereocenters. The molecule has 29 heavy (non-hydrogen) atoms. The van der Waals surface area contributed by atoms with E-state index in [2.05, 4.69) is 45.0 Å². The second kappa shape index (κ2) is 8.78. The fourth-order valence-electron chi connectivity index (χ4n) is 3.38. The third kappa shape index (κ3) is 5.03. The van der Waals surface area contributed by atoms with Gasteiger partial charge in [0.2, 0.25) is 5.78 Å². The zero-order valence-corrected chi connectivity index (χ0v) is 18.3. The summed E-state index contributed by atoms with van der Waals surface area (Å²) in [5, 5.41) is 0. The van der Waals surface area contributed by atoms with Gasteiger partial charge in [0, 0.05) is 19.2 Å².